The molecule has 4 rings (SSSR count). The van der Waals surface area contributed by atoms with Gasteiger partial charge in [-0.25, -0.2) is 10.4 Å². The van der Waals surface area contributed by atoms with E-state index in [1.54, 1.807) is 48.8 Å². The molecule has 3 aromatic carbocycles. The minimum atomic E-state index is -0.326. The largest absolute Gasteiger partial charge is 0.506 e. The predicted molar refractivity (Wildman–Crippen MR) is 174 cm³/mol. The van der Waals surface area contributed by atoms with Crippen LogP contribution >= 0.6 is 31.9 Å². The maximum Gasteiger partial charge on any atom is 0.271 e. The zero-order valence-corrected chi connectivity index (χ0v) is 26.6. The molecule has 0 radical (unpaired) electrons. The number of carbonyl (C=O) groups is 1. The number of methoxy groups -OCH3 is 1. The molecule has 0 bridgehead atoms. The smallest absolute Gasteiger partial charge is 0.271 e. The number of aromatic nitrogens is 1. The number of benzene rings is 3. The number of hydrogen-bond donors (Lipinski definition) is 4. The number of pyridine rings is 1. The van der Waals surface area contributed by atoms with Gasteiger partial charge < -0.3 is 14.9 Å². The zero-order valence-electron chi connectivity index (χ0n) is 23.5. The quantitative estimate of drug-likeness (QED) is 0.119. The second kappa shape index (κ2) is 15.1. The summed E-state index contributed by atoms with van der Waals surface area (Å²) in [5.41, 5.74) is 7.92. The standard InChI is InChI=1S/C16H18BrN3O.C15H13BrN2O3/c1-16(2,3)12-8-11(15(21)13(17)9-12)10-19-20-14-6-4-5-7-18-14;1-21-13-8-12(16)7-11(14(13)19)9-17-18-15(20)10-5-3-2-4-6-10/h4-10,21H,1-3H3,(H,18,20);2-9,19H,1H3,(H,18,20)/b19-10+;17-9+. The molecule has 4 N–H and O–H groups in total. The number of hydrazone groups is 2. The number of nitrogens with zero attached hydrogens (tertiary/aromatic N) is 3. The van der Waals surface area contributed by atoms with E-state index in [0.29, 0.717) is 32.7 Å². The van der Waals surface area contributed by atoms with Crippen LogP contribution in [0.15, 0.2) is 98.1 Å². The average Bonchev–Trinajstić information content (AvgIpc) is 2.97. The molecule has 0 saturated heterocycles. The molecule has 1 amide bonds. The molecule has 9 nitrogen and oxygen atoms in total. The lowest BCUT2D eigenvalue weighted by Crippen LogP contribution is -2.17. The highest BCUT2D eigenvalue weighted by Gasteiger charge is 2.17. The molecule has 218 valence electrons. The van der Waals surface area contributed by atoms with Gasteiger partial charge in [-0.3, -0.25) is 10.2 Å². The highest BCUT2D eigenvalue weighted by Crippen LogP contribution is 2.34. The number of nitrogens with one attached hydrogen (secondary N) is 2. The summed E-state index contributed by atoms with van der Waals surface area (Å²) >= 11 is 6.69. The second-order valence-electron chi connectivity index (χ2n) is 9.84. The molecular formula is C31H31Br2N5O4. The lowest BCUT2D eigenvalue weighted by molar-refractivity contribution is 0.0955. The number of hydrogen-bond acceptors (Lipinski definition) is 8. The summed E-state index contributed by atoms with van der Waals surface area (Å²) in [4.78, 5) is 15.9. The van der Waals surface area contributed by atoms with E-state index in [-0.39, 0.29) is 22.8 Å². The van der Waals surface area contributed by atoms with Crippen LogP contribution in [0.1, 0.15) is 47.8 Å². The van der Waals surface area contributed by atoms with Crippen LogP contribution in [-0.2, 0) is 5.41 Å². The van der Waals surface area contributed by atoms with Gasteiger partial charge in [-0.2, -0.15) is 10.2 Å². The van der Waals surface area contributed by atoms with E-state index in [1.165, 1.54) is 13.3 Å². The Hall–Kier alpha value is -4.22. The van der Waals surface area contributed by atoms with E-state index < -0.39 is 0 Å². The number of carbonyl (C=O) groups excluding carboxylic acids is 1. The fourth-order valence-corrected chi connectivity index (χ4v) is 4.34. The van der Waals surface area contributed by atoms with Crippen molar-refractivity contribution in [3.63, 3.8) is 0 Å². The maximum absolute atomic E-state index is 11.8. The summed E-state index contributed by atoms with van der Waals surface area (Å²) in [7, 11) is 1.46. The zero-order chi connectivity index (χ0) is 30.7. The Morgan fingerprint density at radius 3 is 2.21 bits per heavy atom. The first kappa shape index (κ1) is 32.3. The number of phenols is 2. The maximum atomic E-state index is 11.8. The summed E-state index contributed by atoms with van der Waals surface area (Å²) in [6, 6.07) is 21.4. The Kier molecular flexibility index (Phi) is 11.6. The Balaban J connectivity index is 0.000000230. The van der Waals surface area contributed by atoms with E-state index >= 15 is 0 Å². The fraction of sp³-hybridized carbons (Fsp3) is 0.161. The molecule has 0 aliphatic heterocycles. The molecule has 1 aromatic heterocycles. The van der Waals surface area contributed by atoms with Crippen molar-refractivity contribution in [3.8, 4) is 17.2 Å². The molecule has 11 heteroatoms. The predicted octanol–water partition coefficient (Wildman–Crippen LogP) is 7.22. The minimum absolute atomic E-state index is 0.00672. The van der Waals surface area contributed by atoms with Gasteiger partial charge in [0.2, 0.25) is 0 Å². The fourth-order valence-electron chi connectivity index (χ4n) is 3.41. The summed E-state index contributed by atoms with van der Waals surface area (Å²) in [6.45, 7) is 6.37. The van der Waals surface area contributed by atoms with E-state index in [9.17, 15) is 15.0 Å². The van der Waals surface area contributed by atoms with Crippen molar-refractivity contribution in [2.45, 2.75) is 26.2 Å². The van der Waals surface area contributed by atoms with Crippen molar-refractivity contribution in [3.05, 3.63) is 110 Å². The van der Waals surface area contributed by atoms with Crippen molar-refractivity contribution in [1.82, 2.24) is 10.4 Å². The molecule has 0 aliphatic carbocycles. The number of phenolic OH excluding ortho intramolecular Hbond substituents is 2. The molecule has 42 heavy (non-hydrogen) atoms. The Morgan fingerprint density at radius 1 is 0.905 bits per heavy atom. The van der Waals surface area contributed by atoms with Crippen LogP contribution in [0, 0.1) is 0 Å². The van der Waals surface area contributed by atoms with Gasteiger partial charge in [0.15, 0.2) is 11.5 Å². The summed E-state index contributed by atoms with van der Waals surface area (Å²) in [5.74, 6) is 0.778. The summed E-state index contributed by atoms with van der Waals surface area (Å²) in [5, 5.41) is 28.0. The summed E-state index contributed by atoms with van der Waals surface area (Å²) < 4.78 is 6.43. The Bertz CT molecular complexity index is 1560. The highest BCUT2D eigenvalue weighted by molar-refractivity contribution is 9.10. The van der Waals surface area contributed by atoms with E-state index in [0.717, 1.165) is 10.0 Å². The van der Waals surface area contributed by atoms with Crippen molar-refractivity contribution in [2.24, 2.45) is 10.2 Å². The van der Waals surface area contributed by atoms with Crippen molar-refractivity contribution in [2.75, 3.05) is 12.5 Å². The van der Waals surface area contributed by atoms with E-state index in [2.05, 4.69) is 78.7 Å². The first-order valence-corrected chi connectivity index (χ1v) is 14.3. The third-order valence-electron chi connectivity index (χ3n) is 5.70. The number of aromatic hydroxyl groups is 2. The highest BCUT2D eigenvalue weighted by atomic mass is 79.9. The topological polar surface area (TPSA) is 128 Å². The van der Waals surface area contributed by atoms with Gasteiger partial charge in [0.25, 0.3) is 5.91 Å². The van der Waals surface area contributed by atoms with Gasteiger partial charge in [-0.05, 0) is 75.4 Å². The number of amides is 1. The second-order valence-corrected chi connectivity index (χ2v) is 11.6. The number of rotatable bonds is 7. The molecule has 0 unspecified atom stereocenters. The van der Waals surface area contributed by atoms with Crippen LogP contribution in [0.5, 0.6) is 17.2 Å². The minimum Gasteiger partial charge on any atom is -0.506 e. The third kappa shape index (κ3) is 9.42. The van der Waals surface area contributed by atoms with Crippen LogP contribution in [0.3, 0.4) is 0 Å². The van der Waals surface area contributed by atoms with Gasteiger partial charge in [0, 0.05) is 27.4 Å². The first-order chi connectivity index (χ1) is 20.0. The molecule has 0 fully saturated rings. The Labute approximate surface area is 261 Å². The van der Waals surface area contributed by atoms with E-state index in [1.807, 2.05) is 36.4 Å². The number of halogens is 2. The molecule has 1 heterocycles. The molecule has 4 aromatic rings. The van der Waals surface area contributed by atoms with Crippen LogP contribution in [-0.4, -0.2) is 40.6 Å². The van der Waals surface area contributed by atoms with Gasteiger partial charge >= 0.3 is 0 Å². The first-order valence-electron chi connectivity index (χ1n) is 12.7. The lowest BCUT2D eigenvalue weighted by Gasteiger charge is -2.20. The van der Waals surface area contributed by atoms with Crippen LogP contribution in [0.2, 0.25) is 0 Å². The lowest BCUT2D eigenvalue weighted by atomic mass is 9.86. The summed E-state index contributed by atoms with van der Waals surface area (Å²) in [6.07, 6.45) is 4.62. The van der Waals surface area contributed by atoms with Gasteiger partial charge in [-0.15, -0.1) is 0 Å². The van der Waals surface area contributed by atoms with E-state index in [4.69, 9.17) is 4.74 Å². The molecule has 0 spiro atoms. The van der Waals surface area contributed by atoms with Crippen LogP contribution in [0.25, 0.3) is 0 Å². The normalized spacial score (nSPS) is 11.2. The van der Waals surface area contributed by atoms with Gasteiger partial charge in [0.1, 0.15) is 11.6 Å². The van der Waals surface area contributed by atoms with Gasteiger partial charge in [0.05, 0.1) is 24.0 Å². The monoisotopic (exact) mass is 695 g/mol. The van der Waals surface area contributed by atoms with Crippen molar-refractivity contribution in [1.29, 1.82) is 0 Å². The number of anilines is 1. The average molecular weight is 697 g/mol. The van der Waals surface area contributed by atoms with Crippen molar-refractivity contribution >= 4 is 56.0 Å². The molecular weight excluding hydrogens is 666 g/mol. The molecule has 0 atom stereocenters. The SMILES string of the molecule is CC(C)(C)c1cc(Br)c(O)c(/C=N/Nc2ccccn2)c1.COc1cc(Br)cc(/C=N/NC(=O)c2ccccc2)c1O. The van der Waals surface area contributed by atoms with Crippen molar-refractivity contribution < 1.29 is 19.7 Å². The van der Waals surface area contributed by atoms with Crippen LogP contribution in [0.4, 0.5) is 5.82 Å². The Morgan fingerprint density at radius 2 is 1.57 bits per heavy atom. The molecule has 0 aliphatic rings. The van der Waals surface area contributed by atoms with Gasteiger partial charge in [-0.1, -0.05) is 61.0 Å². The molecule has 0 saturated carbocycles. The third-order valence-corrected chi connectivity index (χ3v) is 6.76. The number of ether oxygens (including phenoxy) is 1. The van der Waals surface area contributed by atoms with Crippen LogP contribution < -0.4 is 15.6 Å².